The predicted molar refractivity (Wildman–Crippen MR) is 78.6 cm³/mol. The van der Waals surface area contributed by atoms with Crippen LogP contribution in [0, 0.1) is 0 Å². The number of nitrogens with one attached hydrogen (secondary N) is 1. The Labute approximate surface area is 115 Å². The Bertz CT molecular complexity index is 659. The molecule has 4 nitrogen and oxygen atoms in total. The minimum absolute atomic E-state index is 0.750. The third kappa shape index (κ3) is 2.71. The summed E-state index contributed by atoms with van der Waals surface area (Å²) in [5.74, 6) is 0.869. The summed E-state index contributed by atoms with van der Waals surface area (Å²) in [4.78, 5) is 13.1. The number of hydrogen-bond donors (Lipinski definition) is 1. The predicted octanol–water partition coefficient (Wildman–Crippen LogP) is 3.11. The molecule has 0 aliphatic carbocycles. The molecule has 96 valence electrons. The van der Waals surface area contributed by atoms with Crippen LogP contribution >= 0.6 is 11.3 Å². The highest BCUT2D eigenvalue weighted by Gasteiger charge is 2.06. The van der Waals surface area contributed by atoms with Gasteiger partial charge >= 0.3 is 0 Å². The number of para-hydroxylation sites is 1. The fraction of sp³-hybridized carbons (Fsp3) is 0.214. The highest BCUT2D eigenvalue weighted by molar-refractivity contribution is 7.18. The van der Waals surface area contributed by atoms with Crippen molar-refractivity contribution < 1.29 is 0 Å². The molecule has 5 heteroatoms. The van der Waals surface area contributed by atoms with Crippen molar-refractivity contribution in [3.8, 4) is 0 Å². The molecule has 0 spiro atoms. The van der Waals surface area contributed by atoms with Crippen LogP contribution in [-0.2, 0) is 6.42 Å². The number of hydrogen-bond acceptors (Lipinski definition) is 5. The van der Waals surface area contributed by atoms with Crippen molar-refractivity contribution >= 4 is 27.4 Å². The minimum Gasteiger partial charge on any atom is -0.370 e. The van der Waals surface area contributed by atoms with Gasteiger partial charge in [-0.25, -0.2) is 15.0 Å². The van der Waals surface area contributed by atoms with Crippen LogP contribution in [0.4, 0.5) is 5.82 Å². The second-order valence-corrected chi connectivity index (χ2v) is 5.29. The number of rotatable bonds is 4. The maximum atomic E-state index is 4.62. The van der Waals surface area contributed by atoms with Gasteiger partial charge in [0.1, 0.15) is 12.1 Å². The van der Waals surface area contributed by atoms with Gasteiger partial charge in [0.25, 0.3) is 0 Å². The molecule has 0 radical (unpaired) electrons. The number of aromatic nitrogens is 3. The van der Waals surface area contributed by atoms with Crippen LogP contribution in [-0.4, -0.2) is 21.5 Å². The lowest BCUT2D eigenvalue weighted by Crippen LogP contribution is -2.01. The number of benzene rings is 1. The fourth-order valence-corrected chi connectivity index (χ4v) is 2.91. The highest BCUT2D eigenvalue weighted by Crippen LogP contribution is 2.23. The van der Waals surface area contributed by atoms with Gasteiger partial charge in [0.15, 0.2) is 0 Å². The zero-order valence-electron chi connectivity index (χ0n) is 10.6. The first kappa shape index (κ1) is 12.0. The van der Waals surface area contributed by atoms with Gasteiger partial charge in [-0.2, -0.15) is 0 Å². The SMILES string of the molecule is CCNc1cc(Cc2nc3ccccc3s2)ncn1. The summed E-state index contributed by atoms with van der Waals surface area (Å²) in [6, 6.07) is 10.2. The van der Waals surface area contributed by atoms with Crippen molar-refractivity contribution in [2.45, 2.75) is 13.3 Å². The van der Waals surface area contributed by atoms with Gasteiger partial charge in [-0.3, -0.25) is 0 Å². The molecule has 19 heavy (non-hydrogen) atoms. The van der Waals surface area contributed by atoms with Crippen molar-refractivity contribution in [3.05, 3.63) is 47.4 Å². The number of thiazole rings is 1. The Balaban J connectivity index is 1.85. The first-order valence-corrected chi connectivity index (χ1v) is 7.06. The summed E-state index contributed by atoms with van der Waals surface area (Å²) in [5, 5.41) is 4.28. The number of fused-ring (bicyclic) bond motifs is 1. The van der Waals surface area contributed by atoms with E-state index in [1.807, 2.05) is 24.3 Å². The van der Waals surface area contributed by atoms with Gasteiger partial charge in [-0.05, 0) is 19.1 Å². The first-order valence-electron chi connectivity index (χ1n) is 6.24. The van der Waals surface area contributed by atoms with Crippen LogP contribution in [0.2, 0.25) is 0 Å². The maximum absolute atomic E-state index is 4.62. The van der Waals surface area contributed by atoms with E-state index < -0.39 is 0 Å². The van der Waals surface area contributed by atoms with Crippen LogP contribution in [0.25, 0.3) is 10.2 Å². The molecular formula is C14H14N4S. The van der Waals surface area contributed by atoms with Crippen molar-refractivity contribution in [1.29, 1.82) is 0 Å². The molecule has 0 atom stereocenters. The average molecular weight is 270 g/mol. The maximum Gasteiger partial charge on any atom is 0.129 e. The lowest BCUT2D eigenvalue weighted by molar-refractivity contribution is 1.01. The van der Waals surface area contributed by atoms with E-state index >= 15 is 0 Å². The van der Waals surface area contributed by atoms with Gasteiger partial charge in [0.05, 0.1) is 20.9 Å². The fourth-order valence-electron chi connectivity index (χ4n) is 1.92. The van der Waals surface area contributed by atoms with Gasteiger partial charge in [-0.15, -0.1) is 11.3 Å². The molecular weight excluding hydrogens is 256 g/mol. The summed E-state index contributed by atoms with van der Waals surface area (Å²) in [5.41, 5.74) is 2.05. The van der Waals surface area contributed by atoms with Crippen LogP contribution < -0.4 is 5.32 Å². The van der Waals surface area contributed by atoms with Crippen LogP contribution in [0.15, 0.2) is 36.7 Å². The molecule has 0 amide bonds. The quantitative estimate of drug-likeness (QED) is 0.791. The normalized spacial score (nSPS) is 10.8. The number of anilines is 1. The van der Waals surface area contributed by atoms with Crippen LogP contribution in [0.3, 0.4) is 0 Å². The summed E-state index contributed by atoms with van der Waals surface area (Å²) in [7, 11) is 0. The molecule has 0 aliphatic rings. The van der Waals surface area contributed by atoms with E-state index in [-0.39, 0.29) is 0 Å². The molecule has 1 N–H and O–H groups in total. The van der Waals surface area contributed by atoms with Crippen molar-refractivity contribution in [1.82, 2.24) is 15.0 Å². The lowest BCUT2D eigenvalue weighted by atomic mass is 10.3. The van der Waals surface area contributed by atoms with Gasteiger partial charge in [-0.1, -0.05) is 12.1 Å². The monoisotopic (exact) mass is 270 g/mol. The van der Waals surface area contributed by atoms with Gasteiger partial charge in [0, 0.05) is 19.0 Å². The highest BCUT2D eigenvalue weighted by atomic mass is 32.1. The van der Waals surface area contributed by atoms with Crippen molar-refractivity contribution in [3.63, 3.8) is 0 Å². The van der Waals surface area contributed by atoms with Crippen LogP contribution in [0.5, 0.6) is 0 Å². The topological polar surface area (TPSA) is 50.7 Å². The smallest absolute Gasteiger partial charge is 0.129 e. The molecule has 0 saturated heterocycles. The third-order valence-corrected chi connectivity index (χ3v) is 3.79. The Kier molecular flexibility index (Phi) is 3.37. The zero-order chi connectivity index (χ0) is 13.1. The van der Waals surface area contributed by atoms with E-state index in [2.05, 4.69) is 33.3 Å². The molecule has 0 fully saturated rings. The lowest BCUT2D eigenvalue weighted by Gasteiger charge is -2.02. The molecule has 3 aromatic rings. The second-order valence-electron chi connectivity index (χ2n) is 4.18. The molecule has 0 saturated carbocycles. The zero-order valence-corrected chi connectivity index (χ0v) is 11.4. The summed E-state index contributed by atoms with van der Waals surface area (Å²) < 4.78 is 1.22. The average Bonchev–Trinajstić information content (AvgIpc) is 2.81. The van der Waals surface area contributed by atoms with E-state index in [1.54, 1.807) is 17.7 Å². The molecule has 0 aliphatic heterocycles. The van der Waals surface area contributed by atoms with E-state index in [9.17, 15) is 0 Å². The Morgan fingerprint density at radius 1 is 1.21 bits per heavy atom. The number of nitrogens with zero attached hydrogens (tertiary/aromatic N) is 3. The standard InChI is InChI=1S/C14H14N4S/c1-2-15-13-7-10(16-9-17-13)8-14-18-11-5-3-4-6-12(11)19-14/h3-7,9H,2,8H2,1H3,(H,15,16,17). The molecule has 0 bridgehead atoms. The molecule has 2 heterocycles. The van der Waals surface area contributed by atoms with E-state index in [0.717, 1.165) is 35.0 Å². The van der Waals surface area contributed by atoms with Gasteiger partial charge in [0.2, 0.25) is 0 Å². The summed E-state index contributed by atoms with van der Waals surface area (Å²) in [6.45, 7) is 2.91. The molecule has 3 rings (SSSR count). The Hall–Kier alpha value is -2.01. The summed E-state index contributed by atoms with van der Waals surface area (Å²) in [6.07, 6.45) is 2.35. The molecule has 1 aromatic carbocycles. The van der Waals surface area contributed by atoms with Crippen LogP contribution in [0.1, 0.15) is 17.6 Å². The molecule has 2 aromatic heterocycles. The first-order chi connectivity index (χ1) is 9.35. The largest absolute Gasteiger partial charge is 0.370 e. The Morgan fingerprint density at radius 2 is 2.11 bits per heavy atom. The Morgan fingerprint density at radius 3 is 2.95 bits per heavy atom. The van der Waals surface area contributed by atoms with E-state index in [1.165, 1.54) is 4.70 Å². The minimum atomic E-state index is 0.750. The van der Waals surface area contributed by atoms with E-state index in [4.69, 9.17) is 0 Å². The third-order valence-electron chi connectivity index (χ3n) is 2.75. The van der Waals surface area contributed by atoms with E-state index in [0.29, 0.717) is 0 Å². The molecule has 0 unspecified atom stereocenters. The summed E-state index contributed by atoms with van der Waals surface area (Å²) >= 11 is 1.72. The van der Waals surface area contributed by atoms with Crippen molar-refractivity contribution in [2.75, 3.05) is 11.9 Å². The second kappa shape index (κ2) is 5.32. The van der Waals surface area contributed by atoms with Crippen molar-refractivity contribution in [2.24, 2.45) is 0 Å². The van der Waals surface area contributed by atoms with Gasteiger partial charge < -0.3 is 5.32 Å².